The van der Waals surface area contributed by atoms with Crippen LogP contribution in [0.15, 0.2) is 70.5 Å². The summed E-state index contributed by atoms with van der Waals surface area (Å²) in [5.41, 5.74) is -0.339. The Balaban J connectivity index is 2.20. The predicted octanol–water partition coefficient (Wildman–Crippen LogP) is 5.51. The zero-order valence-corrected chi connectivity index (χ0v) is 14.2. The molecule has 0 radical (unpaired) electrons. The van der Waals surface area contributed by atoms with E-state index in [9.17, 15) is 4.79 Å². The maximum Gasteiger partial charge on any atom is 0.161 e. The summed E-state index contributed by atoms with van der Waals surface area (Å²) in [5, 5.41) is 0. The number of benzene rings is 2. The number of hydrogen-bond donors (Lipinski definition) is 0. The third-order valence-electron chi connectivity index (χ3n) is 2.93. The van der Waals surface area contributed by atoms with Crippen LogP contribution in [-0.4, -0.2) is 10.4 Å². The monoisotopic (exact) mass is 316 g/mol. The summed E-state index contributed by atoms with van der Waals surface area (Å²) in [5.74, 6) is 0.269. The molecule has 0 aliphatic carbocycles. The number of ketones is 1. The van der Waals surface area contributed by atoms with Crippen LogP contribution in [0.4, 0.5) is 0 Å². The standard InChI is InChI=1S/C18H20OS2/c1-18(2,3)16(19)17(20-14-10-6-4-7-11-14)21-15-12-8-5-9-13-15/h4-13,17H,1-3H3. The zero-order valence-electron chi connectivity index (χ0n) is 12.6. The molecule has 0 fully saturated rings. The van der Waals surface area contributed by atoms with Gasteiger partial charge in [0.25, 0.3) is 0 Å². The highest BCUT2D eigenvalue weighted by molar-refractivity contribution is 8.18. The van der Waals surface area contributed by atoms with Crippen LogP contribution in [0.3, 0.4) is 0 Å². The van der Waals surface area contributed by atoms with Crippen LogP contribution < -0.4 is 0 Å². The second-order valence-corrected chi connectivity index (χ2v) is 8.46. The van der Waals surface area contributed by atoms with Crippen LogP contribution in [0.5, 0.6) is 0 Å². The Labute approximate surface area is 135 Å². The minimum atomic E-state index is -0.339. The quantitative estimate of drug-likeness (QED) is 0.534. The number of carbonyl (C=O) groups is 1. The van der Waals surface area contributed by atoms with E-state index >= 15 is 0 Å². The van der Waals surface area contributed by atoms with Gasteiger partial charge in [0, 0.05) is 15.2 Å². The second kappa shape index (κ2) is 7.19. The van der Waals surface area contributed by atoms with E-state index in [2.05, 4.69) is 24.3 Å². The summed E-state index contributed by atoms with van der Waals surface area (Å²) in [6.45, 7) is 5.96. The van der Waals surface area contributed by atoms with Crippen molar-refractivity contribution in [3.63, 3.8) is 0 Å². The van der Waals surface area contributed by atoms with Crippen molar-refractivity contribution in [1.29, 1.82) is 0 Å². The van der Waals surface area contributed by atoms with E-state index in [4.69, 9.17) is 0 Å². The molecule has 0 aliphatic heterocycles. The molecule has 21 heavy (non-hydrogen) atoms. The Bertz CT molecular complexity index is 532. The van der Waals surface area contributed by atoms with Gasteiger partial charge in [-0.25, -0.2) is 0 Å². The van der Waals surface area contributed by atoms with E-state index in [-0.39, 0.29) is 15.8 Å². The molecule has 0 bridgehead atoms. The lowest BCUT2D eigenvalue weighted by molar-refractivity contribution is -0.124. The number of thioether (sulfide) groups is 2. The zero-order chi connectivity index (χ0) is 15.3. The minimum Gasteiger partial charge on any atom is -0.297 e. The molecule has 0 aromatic heterocycles. The maximum atomic E-state index is 12.7. The Morgan fingerprint density at radius 1 is 0.810 bits per heavy atom. The summed E-state index contributed by atoms with van der Waals surface area (Å²) in [6.07, 6.45) is 0. The first-order chi connectivity index (χ1) is 9.97. The van der Waals surface area contributed by atoms with Crippen molar-refractivity contribution in [1.82, 2.24) is 0 Å². The fraction of sp³-hybridized carbons (Fsp3) is 0.278. The summed E-state index contributed by atoms with van der Waals surface area (Å²) >= 11 is 3.26. The lowest BCUT2D eigenvalue weighted by Gasteiger charge is -2.24. The van der Waals surface area contributed by atoms with Crippen molar-refractivity contribution in [2.24, 2.45) is 5.41 Å². The van der Waals surface area contributed by atoms with E-state index in [1.165, 1.54) is 0 Å². The molecule has 2 aromatic carbocycles. The highest BCUT2D eigenvalue weighted by Crippen LogP contribution is 2.39. The third kappa shape index (κ3) is 4.94. The normalized spacial score (nSPS) is 11.6. The van der Waals surface area contributed by atoms with Crippen molar-refractivity contribution in [3.8, 4) is 0 Å². The van der Waals surface area contributed by atoms with E-state index in [0.717, 1.165) is 9.79 Å². The molecule has 2 rings (SSSR count). The van der Waals surface area contributed by atoms with Gasteiger partial charge >= 0.3 is 0 Å². The molecular formula is C18H20OS2. The first kappa shape index (κ1) is 16.2. The highest BCUT2D eigenvalue weighted by atomic mass is 32.2. The minimum absolute atomic E-state index is 0.130. The number of Topliss-reactive ketones (excluding diaryl/α,β-unsaturated/α-hetero) is 1. The van der Waals surface area contributed by atoms with Crippen molar-refractivity contribution in [2.75, 3.05) is 0 Å². The average molecular weight is 316 g/mol. The van der Waals surface area contributed by atoms with Crippen LogP contribution in [0.25, 0.3) is 0 Å². The molecular weight excluding hydrogens is 296 g/mol. The van der Waals surface area contributed by atoms with Gasteiger partial charge in [-0.1, -0.05) is 57.2 Å². The Morgan fingerprint density at radius 2 is 1.19 bits per heavy atom. The van der Waals surface area contributed by atoms with Crippen LogP contribution in [0.1, 0.15) is 20.8 Å². The summed E-state index contributed by atoms with van der Waals surface area (Å²) < 4.78 is -0.130. The fourth-order valence-corrected chi connectivity index (χ4v) is 4.63. The van der Waals surface area contributed by atoms with E-state index in [0.29, 0.717) is 0 Å². The topological polar surface area (TPSA) is 17.1 Å². The number of hydrogen-bond acceptors (Lipinski definition) is 3. The first-order valence-corrected chi connectivity index (χ1v) is 8.70. The lowest BCUT2D eigenvalue weighted by Crippen LogP contribution is -2.28. The first-order valence-electron chi connectivity index (χ1n) is 6.94. The lowest BCUT2D eigenvalue weighted by atomic mass is 9.92. The van der Waals surface area contributed by atoms with E-state index in [1.54, 1.807) is 23.5 Å². The number of rotatable bonds is 5. The van der Waals surface area contributed by atoms with Crippen LogP contribution in [0, 0.1) is 5.41 Å². The highest BCUT2D eigenvalue weighted by Gasteiger charge is 2.31. The van der Waals surface area contributed by atoms with Gasteiger partial charge in [-0.15, -0.1) is 23.5 Å². The molecule has 0 N–H and O–H groups in total. The second-order valence-electron chi connectivity index (χ2n) is 5.81. The molecule has 0 aliphatic rings. The van der Waals surface area contributed by atoms with Crippen molar-refractivity contribution in [3.05, 3.63) is 60.7 Å². The van der Waals surface area contributed by atoms with Crippen molar-refractivity contribution >= 4 is 29.3 Å². The van der Waals surface area contributed by atoms with Crippen LogP contribution in [-0.2, 0) is 4.79 Å². The maximum absolute atomic E-state index is 12.7. The Hall–Kier alpha value is -1.19. The van der Waals surface area contributed by atoms with Gasteiger partial charge in [0.2, 0.25) is 0 Å². The largest absolute Gasteiger partial charge is 0.297 e. The molecule has 3 heteroatoms. The Morgan fingerprint density at radius 3 is 1.52 bits per heavy atom. The SMILES string of the molecule is CC(C)(C)C(=O)C(Sc1ccccc1)Sc1ccccc1. The fourth-order valence-electron chi connectivity index (χ4n) is 1.73. The van der Waals surface area contributed by atoms with Crippen LogP contribution >= 0.6 is 23.5 Å². The molecule has 110 valence electrons. The summed E-state index contributed by atoms with van der Waals surface area (Å²) in [7, 11) is 0. The Kier molecular flexibility index (Phi) is 5.54. The predicted molar refractivity (Wildman–Crippen MR) is 92.8 cm³/mol. The van der Waals surface area contributed by atoms with Crippen LogP contribution in [0.2, 0.25) is 0 Å². The van der Waals surface area contributed by atoms with Crippen molar-refractivity contribution in [2.45, 2.75) is 35.1 Å². The van der Waals surface area contributed by atoms with Gasteiger partial charge in [-0.2, -0.15) is 0 Å². The van der Waals surface area contributed by atoms with Gasteiger partial charge in [0.15, 0.2) is 5.78 Å². The smallest absolute Gasteiger partial charge is 0.161 e. The van der Waals surface area contributed by atoms with Gasteiger partial charge in [-0.3, -0.25) is 4.79 Å². The molecule has 0 saturated carbocycles. The summed E-state index contributed by atoms with van der Waals surface area (Å²) in [4.78, 5) is 15.0. The molecule has 0 heterocycles. The molecule has 1 nitrogen and oxygen atoms in total. The molecule has 0 spiro atoms. The van der Waals surface area contributed by atoms with E-state index in [1.807, 2.05) is 57.2 Å². The molecule has 2 aromatic rings. The molecule has 0 atom stereocenters. The van der Waals surface area contributed by atoms with Gasteiger partial charge in [0.1, 0.15) is 4.58 Å². The third-order valence-corrected chi connectivity index (χ3v) is 5.45. The van der Waals surface area contributed by atoms with Crippen molar-refractivity contribution < 1.29 is 4.79 Å². The summed E-state index contributed by atoms with van der Waals surface area (Å²) in [6, 6.07) is 20.2. The molecule has 0 amide bonds. The number of carbonyl (C=O) groups excluding carboxylic acids is 1. The van der Waals surface area contributed by atoms with Gasteiger partial charge in [0.05, 0.1) is 0 Å². The van der Waals surface area contributed by atoms with Gasteiger partial charge < -0.3 is 0 Å². The van der Waals surface area contributed by atoms with E-state index < -0.39 is 0 Å². The molecule has 0 saturated heterocycles. The van der Waals surface area contributed by atoms with Gasteiger partial charge in [-0.05, 0) is 24.3 Å². The average Bonchev–Trinajstić information content (AvgIpc) is 2.47. The molecule has 0 unspecified atom stereocenters.